The summed E-state index contributed by atoms with van der Waals surface area (Å²) in [6.45, 7) is 0.519. The summed E-state index contributed by atoms with van der Waals surface area (Å²) in [5.74, 6) is -0.661. The average Bonchev–Trinajstić information content (AvgIpc) is 3.37. The number of benzene rings is 4. The number of amides is 2. The lowest BCUT2D eigenvalue weighted by atomic mass is 9.97. The van der Waals surface area contributed by atoms with Crippen LogP contribution >= 0.6 is 0 Å². The Morgan fingerprint density at radius 3 is 2.21 bits per heavy atom. The van der Waals surface area contributed by atoms with Crippen molar-refractivity contribution in [2.45, 2.75) is 19.0 Å². The lowest BCUT2D eigenvalue weighted by Gasteiger charge is -2.27. The van der Waals surface area contributed by atoms with Gasteiger partial charge in [0.05, 0.1) is 5.69 Å². The van der Waals surface area contributed by atoms with Crippen molar-refractivity contribution < 1.29 is 9.59 Å². The Morgan fingerprint density at radius 2 is 1.55 bits per heavy atom. The fourth-order valence-corrected chi connectivity index (χ4v) is 4.64. The zero-order valence-corrected chi connectivity index (χ0v) is 20.6. The average molecular weight is 505 g/mol. The molecule has 0 bridgehead atoms. The molecular weight excluding hydrogens is 476 g/mol. The van der Waals surface area contributed by atoms with Gasteiger partial charge in [0.2, 0.25) is 11.8 Å². The number of hydrogen-bond acceptors (Lipinski definition) is 5. The van der Waals surface area contributed by atoms with Crippen LogP contribution in [-0.4, -0.2) is 28.7 Å². The van der Waals surface area contributed by atoms with Crippen LogP contribution in [0.5, 0.6) is 0 Å². The maximum absolute atomic E-state index is 13.6. The molecule has 7 N–H and O–H groups in total. The van der Waals surface area contributed by atoms with Gasteiger partial charge in [0.1, 0.15) is 11.9 Å². The molecule has 0 aliphatic carbocycles. The molecule has 5 rings (SSSR count). The monoisotopic (exact) mass is 504 g/mol. The van der Waals surface area contributed by atoms with Crippen molar-refractivity contribution in [1.29, 1.82) is 5.41 Å². The smallest absolute Gasteiger partial charge is 0.248 e. The molecule has 1 heterocycles. The van der Waals surface area contributed by atoms with E-state index in [2.05, 4.69) is 16.8 Å². The van der Waals surface area contributed by atoms with Crippen molar-refractivity contribution in [3.8, 4) is 11.1 Å². The summed E-state index contributed by atoms with van der Waals surface area (Å²) in [6.07, 6.45) is 0.496. The van der Waals surface area contributed by atoms with Crippen molar-refractivity contribution in [1.82, 2.24) is 5.01 Å². The second-order valence-corrected chi connectivity index (χ2v) is 9.20. The van der Waals surface area contributed by atoms with Crippen LogP contribution in [0.4, 0.5) is 11.4 Å². The summed E-state index contributed by atoms with van der Waals surface area (Å²) < 4.78 is 0. The second kappa shape index (κ2) is 10.6. The topological polar surface area (TPSA) is 137 Å². The highest BCUT2D eigenvalue weighted by Gasteiger charge is 2.32. The summed E-state index contributed by atoms with van der Waals surface area (Å²) in [4.78, 5) is 25.0. The number of carbonyl (C=O) groups excluding carboxylic acids is 2. The molecule has 1 unspecified atom stereocenters. The van der Waals surface area contributed by atoms with Gasteiger partial charge in [-0.15, -0.1) is 0 Å². The van der Waals surface area contributed by atoms with Crippen LogP contribution in [0.15, 0.2) is 97.1 Å². The predicted molar refractivity (Wildman–Crippen MR) is 150 cm³/mol. The highest BCUT2D eigenvalue weighted by molar-refractivity contribution is 5.97. The Hall–Kier alpha value is -4.95. The molecule has 0 aromatic heterocycles. The third-order valence-electron chi connectivity index (χ3n) is 6.66. The molecule has 0 spiro atoms. The molecule has 0 radical (unpaired) electrons. The molecule has 0 saturated heterocycles. The molecule has 1 atom stereocenters. The van der Waals surface area contributed by atoms with Crippen LogP contribution in [0, 0.1) is 5.41 Å². The fraction of sp³-hybridized carbons (Fsp3) is 0.100. The molecule has 1 aliphatic rings. The van der Waals surface area contributed by atoms with E-state index in [1.807, 2.05) is 71.7 Å². The molecular formula is C30H28N6O2. The number of nitrogen functional groups attached to an aromatic ring is 1. The SMILES string of the molecule is N=C(N)c1ccc(-c2cccc3c2CN(C(Cc2ccccc2)C(=O)Nc2ccc(C(N)=O)cc2)N3)cc1. The lowest BCUT2D eigenvalue weighted by molar-refractivity contribution is -0.120. The van der Waals surface area contributed by atoms with Crippen LogP contribution in [0.3, 0.4) is 0 Å². The maximum atomic E-state index is 13.6. The van der Waals surface area contributed by atoms with Crippen LogP contribution in [0.25, 0.3) is 11.1 Å². The van der Waals surface area contributed by atoms with Crippen molar-refractivity contribution in [3.05, 3.63) is 119 Å². The number of rotatable bonds is 8. The van der Waals surface area contributed by atoms with Gasteiger partial charge in [0.15, 0.2) is 0 Å². The second-order valence-electron chi connectivity index (χ2n) is 9.20. The van der Waals surface area contributed by atoms with E-state index >= 15 is 0 Å². The number of nitrogens with zero attached hydrogens (tertiary/aromatic N) is 1. The first-order chi connectivity index (χ1) is 18.4. The molecule has 8 heteroatoms. The van der Waals surface area contributed by atoms with Crippen LogP contribution in [0.1, 0.15) is 27.0 Å². The van der Waals surface area contributed by atoms with Crippen LogP contribution in [-0.2, 0) is 17.8 Å². The van der Waals surface area contributed by atoms with E-state index in [0.29, 0.717) is 29.8 Å². The molecule has 4 aromatic carbocycles. The first kappa shape index (κ1) is 24.7. The number of hydrazine groups is 1. The standard InChI is InChI=1S/C30H28N6O2/c31-28(32)21-11-9-20(10-12-21)24-7-4-8-26-25(24)18-36(35-26)27(17-19-5-2-1-3-6-19)30(38)34-23-15-13-22(14-16-23)29(33)37/h1-16,27,35H,17-18H2,(H3,31,32)(H2,33,37)(H,34,38). The fourth-order valence-electron chi connectivity index (χ4n) is 4.64. The minimum atomic E-state index is -0.520. The van der Waals surface area contributed by atoms with E-state index in [9.17, 15) is 9.59 Å². The molecule has 1 aliphatic heterocycles. The Kier molecular flexibility index (Phi) is 6.88. The molecule has 8 nitrogen and oxygen atoms in total. The number of carbonyl (C=O) groups is 2. The number of nitrogens with one attached hydrogen (secondary N) is 3. The Morgan fingerprint density at radius 1 is 0.868 bits per heavy atom. The van der Waals surface area contributed by atoms with Gasteiger partial charge in [-0.25, -0.2) is 5.01 Å². The van der Waals surface area contributed by atoms with Gasteiger partial charge in [-0.05, 0) is 53.4 Å². The van der Waals surface area contributed by atoms with Gasteiger partial charge >= 0.3 is 0 Å². The maximum Gasteiger partial charge on any atom is 0.248 e. The van der Waals surface area contributed by atoms with Gasteiger partial charge in [-0.1, -0.05) is 66.7 Å². The van der Waals surface area contributed by atoms with Gasteiger partial charge in [-0.2, -0.15) is 0 Å². The Labute approximate surface area is 220 Å². The largest absolute Gasteiger partial charge is 0.384 e. The summed E-state index contributed by atoms with van der Waals surface area (Å²) in [7, 11) is 0. The highest BCUT2D eigenvalue weighted by atomic mass is 16.2. The summed E-state index contributed by atoms with van der Waals surface area (Å²) in [5.41, 5.74) is 21.2. The van der Waals surface area contributed by atoms with E-state index in [-0.39, 0.29) is 11.7 Å². The van der Waals surface area contributed by atoms with Crippen molar-refractivity contribution >= 4 is 29.0 Å². The molecule has 0 saturated carbocycles. The molecule has 38 heavy (non-hydrogen) atoms. The highest BCUT2D eigenvalue weighted by Crippen LogP contribution is 2.36. The van der Waals surface area contributed by atoms with E-state index in [0.717, 1.165) is 27.9 Å². The minimum Gasteiger partial charge on any atom is -0.384 e. The normalized spacial score (nSPS) is 13.3. The van der Waals surface area contributed by atoms with Gasteiger partial charge in [0.25, 0.3) is 0 Å². The Bertz CT molecular complexity index is 1480. The third-order valence-corrected chi connectivity index (χ3v) is 6.66. The quantitative estimate of drug-likeness (QED) is 0.181. The molecule has 190 valence electrons. The minimum absolute atomic E-state index is 0.0294. The van der Waals surface area contributed by atoms with E-state index in [1.54, 1.807) is 24.3 Å². The number of hydrogen-bond donors (Lipinski definition) is 5. The summed E-state index contributed by atoms with van der Waals surface area (Å²) >= 11 is 0. The predicted octanol–water partition coefficient (Wildman–Crippen LogP) is 4.13. The zero-order chi connectivity index (χ0) is 26.6. The van der Waals surface area contributed by atoms with E-state index in [4.69, 9.17) is 16.9 Å². The molecule has 4 aromatic rings. The van der Waals surface area contributed by atoms with Crippen molar-refractivity contribution in [2.24, 2.45) is 11.5 Å². The van der Waals surface area contributed by atoms with Gasteiger partial charge < -0.3 is 22.2 Å². The molecule has 2 amide bonds. The first-order valence-electron chi connectivity index (χ1n) is 12.2. The van der Waals surface area contributed by atoms with E-state index < -0.39 is 11.9 Å². The van der Waals surface area contributed by atoms with Crippen LogP contribution < -0.4 is 22.2 Å². The van der Waals surface area contributed by atoms with E-state index in [1.165, 1.54) is 0 Å². The Balaban J connectivity index is 1.42. The number of amidine groups is 1. The summed E-state index contributed by atoms with van der Waals surface area (Å²) in [6, 6.07) is 29.5. The number of fused-ring (bicyclic) bond motifs is 1. The van der Waals surface area contributed by atoms with Crippen LogP contribution in [0.2, 0.25) is 0 Å². The molecule has 0 fully saturated rings. The lowest BCUT2D eigenvalue weighted by Crippen LogP contribution is -2.45. The number of nitrogens with two attached hydrogens (primary N) is 2. The first-order valence-corrected chi connectivity index (χ1v) is 12.2. The van der Waals surface area contributed by atoms with Crippen molar-refractivity contribution in [3.63, 3.8) is 0 Å². The van der Waals surface area contributed by atoms with Gasteiger partial charge in [-0.3, -0.25) is 15.0 Å². The number of anilines is 2. The van der Waals surface area contributed by atoms with Gasteiger partial charge in [0, 0.05) is 28.9 Å². The zero-order valence-electron chi connectivity index (χ0n) is 20.6. The van der Waals surface area contributed by atoms with Crippen molar-refractivity contribution in [2.75, 3.05) is 10.7 Å². The third kappa shape index (κ3) is 5.25. The number of primary amides is 1. The summed E-state index contributed by atoms with van der Waals surface area (Å²) in [5, 5.41) is 12.6.